The summed E-state index contributed by atoms with van der Waals surface area (Å²) in [4.78, 5) is 43.3. The van der Waals surface area contributed by atoms with Gasteiger partial charge in [-0.3, -0.25) is 9.59 Å². The molecule has 0 atom stereocenters. The molecule has 0 spiro atoms. The monoisotopic (exact) mass is 563 g/mol. The molecule has 0 aliphatic carbocycles. The maximum atomic E-state index is 13.0. The molecule has 216 valence electrons. The molecule has 0 unspecified atom stereocenters. The number of anilines is 3. The number of hydrogen-bond donors (Lipinski definition) is 2. The van der Waals surface area contributed by atoms with Crippen LogP contribution in [0.5, 0.6) is 0 Å². The van der Waals surface area contributed by atoms with Crippen molar-refractivity contribution in [3.8, 4) is 11.4 Å². The van der Waals surface area contributed by atoms with E-state index in [-0.39, 0.29) is 17.2 Å². The van der Waals surface area contributed by atoms with Crippen molar-refractivity contribution in [3.63, 3.8) is 0 Å². The molecule has 1 aromatic heterocycles. The van der Waals surface area contributed by atoms with Crippen LogP contribution < -0.4 is 10.6 Å². The van der Waals surface area contributed by atoms with Gasteiger partial charge in [0, 0.05) is 54.2 Å². The molecule has 0 bridgehead atoms. The molecule has 9 nitrogen and oxygen atoms in total. The fourth-order valence-electron chi connectivity index (χ4n) is 4.83. The van der Waals surface area contributed by atoms with Crippen LogP contribution in [0.15, 0.2) is 73.1 Å². The molecule has 5 rings (SSSR count). The van der Waals surface area contributed by atoms with E-state index in [0.717, 1.165) is 43.0 Å². The lowest BCUT2D eigenvalue weighted by molar-refractivity contribution is 0.0664. The van der Waals surface area contributed by atoms with Gasteiger partial charge in [-0.15, -0.1) is 0 Å². The maximum Gasteiger partial charge on any atom is 0.255 e. The number of aromatic nitrogens is 3. The Kier molecular flexibility index (Phi) is 8.31. The molecule has 1 fully saturated rings. The van der Waals surface area contributed by atoms with Gasteiger partial charge in [-0.1, -0.05) is 45.0 Å². The van der Waals surface area contributed by atoms with Crippen LogP contribution in [0.4, 0.5) is 17.3 Å². The highest BCUT2D eigenvalue weighted by Gasteiger charge is 2.20. The number of nitrogens with one attached hydrogen (secondary N) is 2. The first kappa shape index (κ1) is 28.9. The molecule has 0 radical (unpaired) electrons. The third-order valence-corrected chi connectivity index (χ3v) is 7.59. The summed E-state index contributed by atoms with van der Waals surface area (Å²) in [5.74, 6) is 0.730. The van der Waals surface area contributed by atoms with E-state index in [2.05, 4.69) is 58.3 Å². The van der Waals surface area contributed by atoms with Crippen molar-refractivity contribution < 1.29 is 9.59 Å². The summed E-state index contributed by atoms with van der Waals surface area (Å²) in [7, 11) is 2.07. The van der Waals surface area contributed by atoms with Gasteiger partial charge in [0.15, 0.2) is 5.82 Å². The zero-order chi connectivity index (χ0) is 29.9. The number of likely N-dealkylation sites (N-methyl/N-ethyl adjacent to an activating group) is 1. The number of nitrogens with zero attached hydrogens (tertiary/aromatic N) is 5. The van der Waals surface area contributed by atoms with Crippen molar-refractivity contribution in [2.45, 2.75) is 33.1 Å². The van der Waals surface area contributed by atoms with Gasteiger partial charge >= 0.3 is 0 Å². The second-order valence-electron chi connectivity index (χ2n) is 11.7. The van der Waals surface area contributed by atoms with E-state index in [1.54, 1.807) is 0 Å². The van der Waals surface area contributed by atoms with Crippen LogP contribution in [0.25, 0.3) is 11.4 Å². The summed E-state index contributed by atoms with van der Waals surface area (Å²) in [6.07, 6.45) is 1.46. The van der Waals surface area contributed by atoms with Crippen molar-refractivity contribution in [2.75, 3.05) is 43.9 Å². The smallest absolute Gasteiger partial charge is 0.255 e. The Balaban J connectivity index is 1.28. The molecule has 3 aromatic carbocycles. The highest BCUT2D eigenvalue weighted by atomic mass is 16.2. The van der Waals surface area contributed by atoms with E-state index in [1.165, 1.54) is 11.9 Å². The first-order valence-corrected chi connectivity index (χ1v) is 14.1. The van der Waals surface area contributed by atoms with Crippen molar-refractivity contribution >= 4 is 29.1 Å². The van der Waals surface area contributed by atoms with Gasteiger partial charge in [0.25, 0.3) is 11.8 Å². The Morgan fingerprint density at radius 1 is 0.833 bits per heavy atom. The Morgan fingerprint density at radius 3 is 2.17 bits per heavy atom. The number of rotatable bonds is 6. The average Bonchev–Trinajstić information content (AvgIpc) is 2.98. The molecule has 0 saturated carbocycles. The largest absolute Gasteiger partial charge is 0.336 e. The topological polar surface area (TPSA) is 103 Å². The van der Waals surface area contributed by atoms with E-state index in [4.69, 9.17) is 0 Å². The van der Waals surface area contributed by atoms with E-state index in [0.29, 0.717) is 28.6 Å². The van der Waals surface area contributed by atoms with Crippen molar-refractivity contribution in [1.29, 1.82) is 0 Å². The molecule has 2 heterocycles. The lowest BCUT2D eigenvalue weighted by Crippen LogP contribution is -2.47. The number of amides is 2. The van der Waals surface area contributed by atoms with Crippen LogP contribution in [0.3, 0.4) is 0 Å². The summed E-state index contributed by atoms with van der Waals surface area (Å²) >= 11 is 0. The third-order valence-electron chi connectivity index (χ3n) is 7.59. The zero-order valence-corrected chi connectivity index (χ0v) is 24.8. The lowest BCUT2D eigenvalue weighted by Gasteiger charge is -2.32. The van der Waals surface area contributed by atoms with Crippen LogP contribution in [-0.2, 0) is 5.41 Å². The number of carbonyl (C=O) groups is 2. The molecule has 2 N–H and O–H groups in total. The lowest BCUT2D eigenvalue weighted by atomic mass is 9.86. The Hall–Kier alpha value is -4.63. The van der Waals surface area contributed by atoms with Crippen LogP contribution in [-0.4, -0.2) is 69.8 Å². The Bertz CT molecular complexity index is 1570. The van der Waals surface area contributed by atoms with Crippen molar-refractivity contribution in [2.24, 2.45) is 0 Å². The highest BCUT2D eigenvalue weighted by Crippen LogP contribution is 2.28. The van der Waals surface area contributed by atoms with Crippen LogP contribution in [0, 0.1) is 6.92 Å². The van der Waals surface area contributed by atoms with E-state index >= 15 is 0 Å². The standard InChI is InChI=1S/C33H37N7O2/c1-22-27(7-6-8-28(22)37-30(41)23-9-13-25(14-10-23)33(2,3)4)29-34-21-35-32(38-29)36-26-15-11-24(12-16-26)31(42)40-19-17-39(5)18-20-40/h6-16,21H,17-20H2,1-5H3,(H,37,41)(H,34,35,36,38). The number of carbonyl (C=O) groups excluding carboxylic acids is 2. The molecule has 1 aliphatic rings. The van der Waals surface area contributed by atoms with E-state index < -0.39 is 0 Å². The summed E-state index contributed by atoms with van der Waals surface area (Å²) in [5.41, 5.74) is 5.52. The Morgan fingerprint density at radius 2 is 1.50 bits per heavy atom. The quantitative estimate of drug-likeness (QED) is 0.318. The number of hydrogen-bond acceptors (Lipinski definition) is 7. The zero-order valence-electron chi connectivity index (χ0n) is 24.8. The van der Waals surface area contributed by atoms with Gasteiger partial charge in [-0.05, 0) is 73.0 Å². The number of piperazine rings is 1. The second kappa shape index (κ2) is 12.1. The molecular formula is C33H37N7O2. The number of benzene rings is 3. The van der Waals surface area contributed by atoms with Gasteiger partial charge < -0.3 is 20.4 Å². The molecule has 1 saturated heterocycles. The highest BCUT2D eigenvalue weighted by molar-refractivity contribution is 6.05. The van der Waals surface area contributed by atoms with E-state index in [9.17, 15) is 9.59 Å². The maximum absolute atomic E-state index is 13.0. The minimum absolute atomic E-state index is 0.0191. The second-order valence-corrected chi connectivity index (χ2v) is 11.7. The first-order chi connectivity index (χ1) is 20.1. The van der Waals surface area contributed by atoms with Gasteiger partial charge in [0.1, 0.15) is 6.33 Å². The van der Waals surface area contributed by atoms with Crippen LogP contribution in [0.2, 0.25) is 0 Å². The van der Waals surface area contributed by atoms with Crippen molar-refractivity contribution in [1.82, 2.24) is 24.8 Å². The normalized spacial score (nSPS) is 14.0. The third kappa shape index (κ3) is 6.63. The van der Waals surface area contributed by atoms with Gasteiger partial charge in [-0.25, -0.2) is 9.97 Å². The van der Waals surface area contributed by atoms with Crippen LogP contribution in [0.1, 0.15) is 52.6 Å². The SMILES string of the molecule is Cc1c(NC(=O)c2ccc(C(C)(C)C)cc2)cccc1-c1ncnc(Nc2ccc(C(=O)N3CCN(C)CC3)cc2)n1. The predicted molar refractivity (Wildman–Crippen MR) is 166 cm³/mol. The van der Waals surface area contributed by atoms with Gasteiger partial charge in [0.2, 0.25) is 5.95 Å². The van der Waals surface area contributed by atoms with Crippen molar-refractivity contribution in [3.05, 3.63) is 95.3 Å². The summed E-state index contributed by atoms with van der Waals surface area (Å²) in [6.45, 7) is 11.6. The molecule has 42 heavy (non-hydrogen) atoms. The fourth-order valence-corrected chi connectivity index (χ4v) is 4.83. The van der Waals surface area contributed by atoms with E-state index in [1.807, 2.05) is 78.6 Å². The minimum atomic E-state index is -0.178. The molecular weight excluding hydrogens is 526 g/mol. The molecule has 4 aromatic rings. The molecule has 1 aliphatic heterocycles. The minimum Gasteiger partial charge on any atom is -0.336 e. The summed E-state index contributed by atoms with van der Waals surface area (Å²) in [6, 6.07) is 20.7. The average molecular weight is 564 g/mol. The Labute approximate surface area is 247 Å². The van der Waals surface area contributed by atoms with Crippen LogP contribution >= 0.6 is 0 Å². The van der Waals surface area contributed by atoms with Gasteiger partial charge in [-0.2, -0.15) is 4.98 Å². The van der Waals surface area contributed by atoms with Gasteiger partial charge in [0.05, 0.1) is 0 Å². The fraction of sp³-hybridized carbons (Fsp3) is 0.303. The predicted octanol–water partition coefficient (Wildman–Crippen LogP) is 5.53. The summed E-state index contributed by atoms with van der Waals surface area (Å²) < 4.78 is 0. The molecule has 9 heteroatoms. The summed E-state index contributed by atoms with van der Waals surface area (Å²) in [5, 5.41) is 6.24. The molecule has 2 amide bonds. The first-order valence-electron chi connectivity index (χ1n) is 14.1.